The Labute approximate surface area is 126 Å². The van der Waals surface area contributed by atoms with E-state index in [4.69, 9.17) is 0 Å². The van der Waals surface area contributed by atoms with Crippen LogP contribution < -0.4 is 4.90 Å². The van der Waals surface area contributed by atoms with Crippen molar-refractivity contribution in [1.29, 1.82) is 0 Å². The molecule has 1 aliphatic heterocycles. The number of rotatable bonds is 2. The minimum atomic E-state index is -0.585. The number of benzene rings is 2. The highest BCUT2D eigenvalue weighted by molar-refractivity contribution is 6.34. The average molecular weight is 296 g/mol. The predicted molar refractivity (Wildman–Crippen MR) is 80.2 cm³/mol. The maximum Gasteiger partial charge on any atom is 0.270 e. The zero-order valence-corrected chi connectivity index (χ0v) is 12.0. The lowest BCUT2D eigenvalue weighted by Gasteiger charge is -2.16. The molecule has 0 saturated carbocycles. The summed E-state index contributed by atoms with van der Waals surface area (Å²) in [7, 11) is 0. The first-order valence-electron chi connectivity index (χ1n) is 6.64. The van der Waals surface area contributed by atoms with Crippen LogP contribution in [0.1, 0.15) is 31.8 Å². The van der Waals surface area contributed by atoms with Crippen LogP contribution in [-0.2, 0) is 0 Å². The highest BCUT2D eigenvalue weighted by atomic mass is 16.6. The van der Waals surface area contributed by atoms with E-state index in [1.165, 1.54) is 12.1 Å². The summed E-state index contributed by atoms with van der Waals surface area (Å²) < 4.78 is 0. The first kappa shape index (κ1) is 13.9. The van der Waals surface area contributed by atoms with Crippen LogP contribution in [0, 0.1) is 24.0 Å². The molecule has 0 atom stereocenters. The number of nitrogens with zero attached hydrogens (tertiary/aromatic N) is 2. The number of aryl methyl sites for hydroxylation is 2. The monoisotopic (exact) mass is 296 g/mol. The molecule has 0 unspecified atom stereocenters. The van der Waals surface area contributed by atoms with Crippen LogP contribution >= 0.6 is 0 Å². The van der Waals surface area contributed by atoms with Gasteiger partial charge in [0.15, 0.2) is 0 Å². The van der Waals surface area contributed by atoms with E-state index in [9.17, 15) is 19.7 Å². The van der Waals surface area contributed by atoms with Gasteiger partial charge in [0.05, 0.1) is 21.7 Å². The lowest BCUT2D eigenvalue weighted by molar-refractivity contribution is -0.384. The van der Waals surface area contributed by atoms with Crippen molar-refractivity contribution in [1.82, 2.24) is 0 Å². The molecule has 2 amide bonds. The van der Waals surface area contributed by atoms with Crippen LogP contribution in [-0.4, -0.2) is 16.7 Å². The average Bonchev–Trinajstić information content (AvgIpc) is 2.71. The van der Waals surface area contributed by atoms with Crippen molar-refractivity contribution in [3.63, 3.8) is 0 Å². The third-order valence-corrected chi connectivity index (χ3v) is 3.67. The van der Waals surface area contributed by atoms with Gasteiger partial charge < -0.3 is 0 Å². The Hall–Kier alpha value is -3.02. The van der Waals surface area contributed by atoms with Gasteiger partial charge in [-0.15, -0.1) is 0 Å². The summed E-state index contributed by atoms with van der Waals surface area (Å²) in [6, 6.07) is 9.11. The molecule has 6 heteroatoms. The van der Waals surface area contributed by atoms with Crippen molar-refractivity contribution in [3.8, 4) is 0 Å². The van der Waals surface area contributed by atoms with Crippen LogP contribution in [0.5, 0.6) is 0 Å². The largest absolute Gasteiger partial charge is 0.270 e. The summed E-state index contributed by atoms with van der Waals surface area (Å²) in [5, 5.41) is 10.8. The molecule has 0 radical (unpaired) electrons. The predicted octanol–water partition coefficient (Wildman–Crippen LogP) is 3.01. The number of fused-ring (bicyclic) bond motifs is 1. The van der Waals surface area contributed by atoms with Gasteiger partial charge >= 0.3 is 0 Å². The Kier molecular flexibility index (Phi) is 3.02. The molecule has 0 fully saturated rings. The minimum Gasteiger partial charge on any atom is -0.268 e. The topological polar surface area (TPSA) is 80.5 Å². The molecule has 110 valence electrons. The Morgan fingerprint density at radius 1 is 0.955 bits per heavy atom. The quantitative estimate of drug-likeness (QED) is 0.484. The van der Waals surface area contributed by atoms with E-state index in [1.54, 1.807) is 6.07 Å². The molecular formula is C16H12N2O4. The van der Waals surface area contributed by atoms with Gasteiger partial charge in [-0.3, -0.25) is 19.7 Å². The molecule has 22 heavy (non-hydrogen) atoms. The normalized spacial score (nSPS) is 13.5. The van der Waals surface area contributed by atoms with Gasteiger partial charge in [0.2, 0.25) is 0 Å². The number of anilines is 1. The molecule has 0 aliphatic carbocycles. The first-order chi connectivity index (χ1) is 10.4. The van der Waals surface area contributed by atoms with E-state index >= 15 is 0 Å². The molecule has 1 aliphatic rings. The number of nitro benzene ring substituents is 1. The molecule has 2 aromatic rings. The Bertz CT molecular complexity index is 842. The summed E-state index contributed by atoms with van der Waals surface area (Å²) in [5.41, 5.74) is 2.37. The second-order valence-electron chi connectivity index (χ2n) is 5.22. The van der Waals surface area contributed by atoms with Crippen molar-refractivity contribution in [2.45, 2.75) is 13.8 Å². The fourth-order valence-corrected chi connectivity index (χ4v) is 2.62. The molecule has 3 rings (SSSR count). The standard InChI is InChI=1S/C16H12N2O4/c1-9-3-6-14(10(2)7-9)17-15(19)12-5-4-11(18(21)22)8-13(12)16(17)20/h3-8H,1-2H3. The molecule has 0 spiro atoms. The zero-order chi connectivity index (χ0) is 16.0. The third-order valence-electron chi connectivity index (χ3n) is 3.67. The molecule has 0 bridgehead atoms. The first-order valence-corrected chi connectivity index (χ1v) is 6.64. The highest BCUT2D eigenvalue weighted by Crippen LogP contribution is 2.32. The summed E-state index contributed by atoms with van der Waals surface area (Å²) in [6.45, 7) is 3.73. The molecule has 0 saturated heterocycles. The molecule has 2 aromatic carbocycles. The van der Waals surface area contributed by atoms with E-state index < -0.39 is 16.7 Å². The van der Waals surface area contributed by atoms with Gasteiger partial charge in [-0.05, 0) is 31.5 Å². The number of carbonyl (C=O) groups excluding carboxylic acids is 2. The van der Waals surface area contributed by atoms with Gasteiger partial charge in [-0.1, -0.05) is 17.7 Å². The van der Waals surface area contributed by atoms with Gasteiger partial charge in [-0.2, -0.15) is 0 Å². The van der Waals surface area contributed by atoms with E-state index in [0.717, 1.165) is 22.1 Å². The van der Waals surface area contributed by atoms with Gasteiger partial charge in [-0.25, -0.2) is 4.90 Å². The van der Waals surface area contributed by atoms with Crippen LogP contribution in [0.15, 0.2) is 36.4 Å². The van der Waals surface area contributed by atoms with Crippen molar-refractivity contribution in [2.75, 3.05) is 4.90 Å². The number of nitro groups is 1. The van der Waals surface area contributed by atoms with Gasteiger partial charge in [0.25, 0.3) is 17.5 Å². The van der Waals surface area contributed by atoms with Gasteiger partial charge in [0.1, 0.15) is 0 Å². The van der Waals surface area contributed by atoms with Crippen LogP contribution in [0.3, 0.4) is 0 Å². The summed E-state index contributed by atoms with van der Waals surface area (Å²) in [5.74, 6) is -0.988. The van der Waals surface area contributed by atoms with E-state index in [2.05, 4.69) is 0 Å². The SMILES string of the molecule is Cc1ccc(N2C(=O)c3ccc([N+](=O)[O-])cc3C2=O)c(C)c1. The second-order valence-corrected chi connectivity index (χ2v) is 5.22. The van der Waals surface area contributed by atoms with Crippen LogP contribution in [0.2, 0.25) is 0 Å². The summed E-state index contributed by atoms with van der Waals surface area (Å²) in [4.78, 5) is 36.3. The fraction of sp³-hybridized carbons (Fsp3) is 0.125. The molecular weight excluding hydrogens is 284 g/mol. The highest BCUT2D eigenvalue weighted by Gasteiger charge is 2.38. The van der Waals surface area contributed by atoms with Gasteiger partial charge in [0, 0.05) is 12.1 Å². The number of non-ortho nitro benzene ring substituents is 1. The fourth-order valence-electron chi connectivity index (χ4n) is 2.62. The number of imide groups is 1. The lowest BCUT2D eigenvalue weighted by atomic mass is 10.1. The van der Waals surface area contributed by atoms with E-state index in [0.29, 0.717) is 5.69 Å². The number of hydrogen-bond donors (Lipinski definition) is 0. The Morgan fingerprint density at radius 3 is 2.27 bits per heavy atom. The molecule has 0 N–H and O–H groups in total. The van der Waals surface area contributed by atoms with Crippen molar-refractivity contribution in [3.05, 3.63) is 68.8 Å². The number of amides is 2. The van der Waals surface area contributed by atoms with Crippen molar-refractivity contribution >= 4 is 23.2 Å². The van der Waals surface area contributed by atoms with E-state index in [-0.39, 0.29) is 16.8 Å². The zero-order valence-electron chi connectivity index (χ0n) is 12.0. The number of carbonyl (C=O) groups is 2. The van der Waals surface area contributed by atoms with E-state index in [1.807, 2.05) is 26.0 Å². The van der Waals surface area contributed by atoms with Crippen molar-refractivity contribution in [2.24, 2.45) is 0 Å². The third kappa shape index (κ3) is 1.96. The van der Waals surface area contributed by atoms with Crippen LogP contribution in [0.4, 0.5) is 11.4 Å². The summed E-state index contributed by atoms with van der Waals surface area (Å²) in [6.07, 6.45) is 0. The minimum absolute atomic E-state index is 0.0687. The smallest absolute Gasteiger partial charge is 0.268 e. The summed E-state index contributed by atoms with van der Waals surface area (Å²) >= 11 is 0. The van der Waals surface area contributed by atoms with Crippen molar-refractivity contribution < 1.29 is 14.5 Å². The lowest BCUT2D eigenvalue weighted by Crippen LogP contribution is -2.30. The molecule has 1 heterocycles. The Morgan fingerprint density at radius 2 is 1.64 bits per heavy atom. The maximum absolute atomic E-state index is 12.5. The molecule has 0 aromatic heterocycles. The second kappa shape index (κ2) is 4.77. The maximum atomic E-state index is 12.5. The number of hydrogen-bond acceptors (Lipinski definition) is 4. The molecule has 6 nitrogen and oxygen atoms in total. The van der Waals surface area contributed by atoms with Crippen LogP contribution in [0.25, 0.3) is 0 Å². The Balaban J connectivity index is 2.12.